The maximum atomic E-state index is 12.4. The van der Waals surface area contributed by atoms with E-state index in [-0.39, 0.29) is 5.97 Å². The average Bonchev–Trinajstić information content (AvgIpc) is 2.56. The Bertz CT molecular complexity index is 825. The quantitative estimate of drug-likeness (QED) is 0.498. The minimum Gasteiger partial charge on any atom is -0.497 e. The summed E-state index contributed by atoms with van der Waals surface area (Å²) in [5.74, 6) is 0.820. The fraction of sp³-hybridized carbons (Fsp3) is 0.0556. The van der Waals surface area contributed by atoms with E-state index in [1.165, 1.54) is 0 Å². The fourth-order valence-corrected chi connectivity index (χ4v) is 2.72. The molecule has 0 unspecified atom stereocenters. The highest BCUT2D eigenvalue weighted by Gasteiger charge is 2.13. The lowest BCUT2D eigenvalue weighted by Gasteiger charge is -2.09. The standard InChI is InChI=1S/C18H13BrO3/c1-21-12-6-8-13(9-7-12)22-18(20)16-10-11-17(19)15-5-3-2-4-14(15)16/h2-11H,1H3. The van der Waals surface area contributed by atoms with Crippen molar-refractivity contribution in [3.8, 4) is 11.5 Å². The summed E-state index contributed by atoms with van der Waals surface area (Å²) in [4.78, 5) is 12.4. The second-order valence-electron chi connectivity index (χ2n) is 4.71. The van der Waals surface area contributed by atoms with Crippen molar-refractivity contribution in [3.05, 3.63) is 70.7 Å². The van der Waals surface area contributed by atoms with Crippen molar-refractivity contribution in [1.29, 1.82) is 0 Å². The summed E-state index contributed by atoms with van der Waals surface area (Å²) >= 11 is 3.50. The molecule has 0 aliphatic rings. The van der Waals surface area contributed by atoms with Crippen LogP contribution in [0, 0.1) is 0 Å². The molecule has 0 atom stereocenters. The van der Waals surface area contributed by atoms with Crippen molar-refractivity contribution in [1.82, 2.24) is 0 Å². The number of rotatable bonds is 3. The highest BCUT2D eigenvalue weighted by atomic mass is 79.9. The van der Waals surface area contributed by atoms with Gasteiger partial charge in [0.15, 0.2) is 0 Å². The summed E-state index contributed by atoms with van der Waals surface area (Å²) in [6.07, 6.45) is 0. The average molecular weight is 357 g/mol. The number of carbonyl (C=O) groups excluding carboxylic acids is 1. The highest BCUT2D eigenvalue weighted by molar-refractivity contribution is 9.10. The molecule has 0 aliphatic heterocycles. The van der Waals surface area contributed by atoms with Crippen molar-refractivity contribution in [2.24, 2.45) is 0 Å². The molecule has 22 heavy (non-hydrogen) atoms. The largest absolute Gasteiger partial charge is 0.497 e. The molecule has 0 aliphatic carbocycles. The Labute approximate surface area is 136 Å². The van der Waals surface area contributed by atoms with Crippen LogP contribution in [0.3, 0.4) is 0 Å². The maximum Gasteiger partial charge on any atom is 0.344 e. The predicted molar refractivity (Wildman–Crippen MR) is 89.6 cm³/mol. The van der Waals surface area contributed by atoms with Gasteiger partial charge in [-0.25, -0.2) is 4.79 Å². The van der Waals surface area contributed by atoms with Gasteiger partial charge in [0.2, 0.25) is 0 Å². The summed E-state index contributed by atoms with van der Waals surface area (Å²) in [5.41, 5.74) is 0.537. The van der Waals surface area contributed by atoms with Crippen LogP contribution in [-0.2, 0) is 0 Å². The van der Waals surface area contributed by atoms with E-state index in [0.29, 0.717) is 17.1 Å². The van der Waals surface area contributed by atoms with E-state index in [0.717, 1.165) is 15.2 Å². The first-order valence-electron chi connectivity index (χ1n) is 6.72. The number of hydrogen-bond acceptors (Lipinski definition) is 3. The first-order valence-corrected chi connectivity index (χ1v) is 7.52. The summed E-state index contributed by atoms with van der Waals surface area (Å²) in [7, 11) is 1.59. The van der Waals surface area contributed by atoms with Crippen molar-refractivity contribution in [3.63, 3.8) is 0 Å². The second-order valence-corrected chi connectivity index (χ2v) is 5.56. The van der Waals surface area contributed by atoms with Gasteiger partial charge in [0.25, 0.3) is 0 Å². The molecule has 3 aromatic carbocycles. The Morgan fingerprint density at radius 3 is 2.18 bits per heavy atom. The number of carbonyl (C=O) groups is 1. The zero-order valence-corrected chi connectivity index (χ0v) is 13.5. The van der Waals surface area contributed by atoms with Gasteiger partial charge >= 0.3 is 5.97 Å². The van der Waals surface area contributed by atoms with Crippen LogP contribution < -0.4 is 9.47 Å². The highest BCUT2D eigenvalue weighted by Crippen LogP contribution is 2.28. The molecule has 110 valence electrons. The SMILES string of the molecule is COc1ccc(OC(=O)c2ccc(Br)c3ccccc23)cc1. The topological polar surface area (TPSA) is 35.5 Å². The summed E-state index contributed by atoms with van der Waals surface area (Å²) in [6.45, 7) is 0. The Kier molecular flexibility index (Phi) is 4.11. The Hall–Kier alpha value is -2.33. The van der Waals surface area contributed by atoms with E-state index < -0.39 is 0 Å². The molecule has 0 saturated heterocycles. The Morgan fingerprint density at radius 2 is 1.50 bits per heavy atom. The molecule has 0 radical (unpaired) electrons. The third-order valence-electron chi connectivity index (χ3n) is 3.36. The van der Waals surface area contributed by atoms with Gasteiger partial charge in [0, 0.05) is 4.47 Å². The van der Waals surface area contributed by atoms with E-state index in [4.69, 9.17) is 9.47 Å². The van der Waals surface area contributed by atoms with E-state index in [1.54, 1.807) is 37.4 Å². The van der Waals surface area contributed by atoms with E-state index in [9.17, 15) is 4.79 Å². The van der Waals surface area contributed by atoms with Crippen LogP contribution in [0.4, 0.5) is 0 Å². The first-order chi connectivity index (χ1) is 10.7. The molecule has 0 bridgehead atoms. The molecule has 0 fully saturated rings. The smallest absolute Gasteiger partial charge is 0.344 e. The van der Waals surface area contributed by atoms with Crippen molar-refractivity contribution >= 4 is 32.7 Å². The van der Waals surface area contributed by atoms with E-state index in [1.807, 2.05) is 30.3 Å². The van der Waals surface area contributed by atoms with Crippen molar-refractivity contribution in [2.75, 3.05) is 7.11 Å². The second kappa shape index (κ2) is 6.20. The molecule has 0 spiro atoms. The number of hydrogen-bond donors (Lipinski definition) is 0. The maximum absolute atomic E-state index is 12.4. The number of esters is 1. The number of ether oxygens (including phenoxy) is 2. The van der Waals surface area contributed by atoms with Crippen LogP contribution in [0.15, 0.2) is 65.1 Å². The normalized spacial score (nSPS) is 10.5. The summed E-state index contributed by atoms with van der Waals surface area (Å²) < 4.78 is 11.5. The molecule has 3 rings (SSSR count). The van der Waals surface area contributed by atoms with Gasteiger partial charge in [-0.3, -0.25) is 0 Å². The van der Waals surface area contributed by atoms with Gasteiger partial charge in [-0.15, -0.1) is 0 Å². The van der Waals surface area contributed by atoms with E-state index in [2.05, 4.69) is 15.9 Å². The van der Waals surface area contributed by atoms with Gasteiger partial charge in [-0.1, -0.05) is 40.2 Å². The number of benzene rings is 3. The van der Waals surface area contributed by atoms with Crippen LogP contribution in [-0.4, -0.2) is 13.1 Å². The van der Waals surface area contributed by atoms with Gasteiger partial charge in [0.05, 0.1) is 12.7 Å². The molecule has 0 amide bonds. The number of fused-ring (bicyclic) bond motifs is 1. The van der Waals surface area contributed by atoms with E-state index >= 15 is 0 Å². The predicted octanol–water partition coefficient (Wildman–Crippen LogP) is 4.83. The third kappa shape index (κ3) is 2.83. The fourth-order valence-electron chi connectivity index (χ4n) is 2.25. The van der Waals surface area contributed by atoms with Crippen LogP contribution in [0.25, 0.3) is 10.8 Å². The van der Waals surface area contributed by atoms with Crippen LogP contribution >= 0.6 is 15.9 Å². The molecule has 0 N–H and O–H groups in total. The van der Waals surface area contributed by atoms with Crippen molar-refractivity contribution in [2.45, 2.75) is 0 Å². The van der Waals surface area contributed by atoms with Crippen molar-refractivity contribution < 1.29 is 14.3 Å². The zero-order chi connectivity index (χ0) is 15.5. The minimum atomic E-state index is -0.381. The lowest BCUT2D eigenvalue weighted by atomic mass is 10.0. The Balaban J connectivity index is 1.93. The molecule has 0 saturated carbocycles. The minimum absolute atomic E-state index is 0.381. The molecule has 3 aromatic rings. The third-order valence-corrected chi connectivity index (χ3v) is 4.05. The van der Waals surface area contributed by atoms with Crippen LogP contribution in [0.1, 0.15) is 10.4 Å². The molecular formula is C18H13BrO3. The molecule has 3 nitrogen and oxygen atoms in total. The van der Waals surface area contributed by atoms with Gasteiger partial charge in [-0.2, -0.15) is 0 Å². The summed E-state index contributed by atoms with van der Waals surface area (Å²) in [5, 5.41) is 1.84. The molecule has 0 aromatic heterocycles. The first kappa shape index (κ1) is 14.6. The lowest BCUT2D eigenvalue weighted by Crippen LogP contribution is -2.09. The molecule has 4 heteroatoms. The van der Waals surface area contributed by atoms with Crippen LogP contribution in [0.5, 0.6) is 11.5 Å². The van der Waals surface area contributed by atoms with Gasteiger partial charge in [-0.05, 0) is 47.2 Å². The molecular weight excluding hydrogens is 344 g/mol. The number of methoxy groups -OCH3 is 1. The van der Waals surface area contributed by atoms with Gasteiger partial charge in [0.1, 0.15) is 11.5 Å². The zero-order valence-electron chi connectivity index (χ0n) is 11.9. The summed E-state index contributed by atoms with van der Waals surface area (Å²) in [6, 6.07) is 18.2. The lowest BCUT2D eigenvalue weighted by molar-refractivity contribution is 0.0736. The number of halogens is 1. The van der Waals surface area contributed by atoms with Crippen LogP contribution in [0.2, 0.25) is 0 Å². The molecule has 0 heterocycles. The monoisotopic (exact) mass is 356 g/mol. The van der Waals surface area contributed by atoms with Gasteiger partial charge < -0.3 is 9.47 Å². The Morgan fingerprint density at radius 1 is 0.864 bits per heavy atom.